The average Bonchev–Trinajstić information content (AvgIpc) is 3.00. The molecule has 0 amide bonds. The molecule has 0 N–H and O–H groups in total. The largest absolute Gasteiger partial charge is 0.260 e. The quantitative estimate of drug-likeness (QED) is 0.767. The molecule has 0 radical (unpaired) electrons. The van der Waals surface area contributed by atoms with Crippen LogP contribution in [0.3, 0.4) is 0 Å². The fraction of sp³-hybridized carbons (Fsp3) is 0.545. The van der Waals surface area contributed by atoms with Crippen molar-refractivity contribution in [1.29, 1.82) is 0 Å². The van der Waals surface area contributed by atoms with E-state index >= 15 is 0 Å². The minimum absolute atomic E-state index is 0.752. The Morgan fingerprint density at radius 3 is 2.38 bits per heavy atom. The summed E-state index contributed by atoms with van der Waals surface area (Å²) < 4.78 is 1.24. The Balaban J connectivity index is 1.95. The lowest BCUT2D eigenvalue weighted by Gasteiger charge is -2.03. The summed E-state index contributed by atoms with van der Waals surface area (Å²) in [6.07, 6.45) is 7.45. The minimum atomic E-state index is 0.752. The van der Waals surface area contributed by atoms with E-state index in [1.54, 1.807) is 0 Å². The van der Waals surface area contributed by atoms with Crippen molar-refractivity contribution in [3.8, 4) is 0 Å². The number of aromatic nitrogens is 1. The van der Waals surface area contributed by atoms with Crippen LogP contribution < -0.4 is 0 Å². The highest BCUT2D eigenvalue weighted by Crippen LogP contribution is 2.45. The van der Waals surface area contributed by atoms with E-state index in [-0.39, 0.29) is 0 Å². The maximum Gasteiger partial charge on any atom is 0.0576 e. The molecule has 1 aromatic rings. The first-order valence-corrected chi connectivity index (χ1v) is 5.79. The van der Waals surface area contributed by atoms with Gasteiger partial charge in [0.05, 0.1) is 5.69 Å². The van der Waals surface area contributed by atoms with Crippen LogP contribution in [-0.2, 0) is 0 Å². The molecule has 68 valence electrons. The highest BCUT2D eigenvalue weighted by molar-refractivity contribution is 9.10. The molecule has 0 bridgehead atoms. The molecular weight excluding hydrogens is 226 g/mol. The Hall–Kier alpha value is -0.370. The van der Waals surface area contributed by atoms with Crippen molar-refractivity contribution >= 4 is 15.9 Å². The monoisotopic (exact) mass is 237 g/mol. The standard InChI is InChI=1S/C11H12BrN/c12-10-5-9(7-1-2-7)6-13-11(10)8-3-4-8/h5-8H,1-4H2. The van der Waals surface area contributed by atoms with Crippen molar-refractivity contribution < 1.29 is 0 Å². The summed E-state index contributed by atoms with van der Waals surface area (Å²) in [6, 6.07) is 2.28. The van der Waals surface area contributed by atoms with Gasteiger partial charge in [0.2, 0.25) is 0 Å². The van der Waals surface area contributed by atoms with Gasteiger partial charge in [0.25, 0.3) is 0 Å². The molecule has 0 spiro atoms. The number of pyridine rings is 1. The summed E-state index contributed by atoms with van der Waals surface area (Å²) in [5.74, 6) is 1.57. The van der Waals surface area contributed by atoms with Crippen molar-refractivity contribution in [2.45, 2.75) is 37.5 Å². The zero-order valence-corrected chi connectivity index (χ0v) is 9.05. The lowest BCUT2D eigenvalue weighted by molar-refractivity contribution is 0.978. The molecule has 2 saturated carbocycles. The van der Waals surface area contributed by atoms with Gasteiger partial charge in [-0.2, -0.15) is 0 Å². The van der Waals surface area contributed by atoms with E-state index in [9.17, 15) is 0 Å². The molecule has 2 heteroatoms. The third-order valence-corrected chi connectivity index (χ3v) is 3.54. The molecule has 2 aliphatic rings. The molecule has 3 rings (SSSR count). The SMILES string of the molecule is Brc1cc(C2CC2)cnc1C1CC1. The van der Waals surface area contributed by atoms with Crippen LogP contribution in [0.15, 0.2) is 16.7 Å². The first-order chi connectivity index (χ1) is 6.34. The number of nitrogens with zero attached hydrogens (tertiary/aromatic N) is 1. The topological polar surface area (TPSA) is 12.9 Å². The van der Waals surface area contributed by atoms with Gasteiger partial charge in [-0.15, -0.1) is 0 Å². The van der Waals surface area contributed by atoms with E-state index in [0.29, 0.717) is 0 Å². The Kier molecular flexibility index (Phi) is 1.72. The first kappa shape index (κ1) is 7.98. The predicted octanol–water partition coefficient (Wildman–Crippen LogP) is 3.60. The van der Waals surface area contributed by atoms with Crippen molar-refractivity contribution in [3.63, 3.8) is 0 Å². The van der Waals surface area contributed by atoms with Crippen molar-refractivity contribution in [2.75, 3.05) is 0 Å². The predicted molar refractivity (Wildman–Crippen MR) is 55.9 cm³/mol. The summed E-state index contributed by atoms with van der Waals surface area (Å²) in [6.45, 7) is 0. The van der Waals surface area contributed by atoms with Gasteiger partial charge < -0.3 is 0 Å². The van der Waals surface area contributed by atoms with Gasteiger partial charge in [-0.25, -0.2) is 0 Å². The zero-order chi connectivity index (χ0) is 8.84. The van der Waals surface area contributed by atoms with Gasteiger partial charge in [0, 0.05) is 16.6 Å². The maximum atomic E-state index is 4.55. The molecule has 1 aromatic heterocycles. The molecule has 0 unspecified atom stereocenters. The molecule has 2 fully saturated rings. The second-order valence-electron chi connectivity index (χ2n) is 4.18. The molecule has 1 nitrogen and oxygen atoms in total. The van der Waals surface area contributed by atoms with Crippen molar-refractivity contribution in [2.24, 2.45) is 0 Å². The van der Waals surface area contributed by atoms with Gasteiger partial charge in [0.1, 0.15) is 0 Å². The Morgan fingerprint density at radius 1 is 1.15 bits per heavy atom. The third-order valence-electron chi connectivity index (χ3n) is 2.90. The highest BCUT2D eigenvalue weighted by atomic mass is 79.9. The van der Waals surface area contributed by atoms with Gasteiger partial charge in [-0.05, 0) is 59.2 Å². The summed E-state index contributed by atoms with van der Waals surface area (Å²) in [5, 5.41) is 0. The number of rotatable bonds is 2. The van der Waals surface area contributed by atoms with Crippen LogP contribution >= 0.6 is 15.9 Å². The van der Waals surface area contributed by atoms with E-state index in [0.717, 1.165) is 11.8 Å². The molecule has 1 heterocycles. The molecule has 0 saturated heterocycles. The summed E-state index contributed by atoms with van der Waals surface area (Å²) in [7, 11) is 0. The lowest BCUT2D eigenvalue weighted by atomic mass is 10.1. The van der Waals surface area contributed by atoms with Crippen LogP contribution in [0.2, 0.25) is 0 Å². The molecule has 2 aliphatic carbocycles. The normalized spacial score (nSPS) is 21.9. The van der Waals surface area contributed by atoms with Crippen LogP contribution in [0.4, 0.5) is 0 Å². The van der Waals surface area contributed by atoms with Crippen LogP contribution in [0.25, 0.3) is 0 Å². The smallest absolute Gasteiger partial charge is 0.0576 e. The Morgan fingerprint density at radius 2 is 1.85 bits per heavy atom. The molecule has 0 atom stereocenters. The van der Waals surface area contributed by atoms with E-state index in [2.05, 4.69) is 33.2 Å². The fourth-order valence-electron chi connectivity index (χ4n) is 1.76. The van der Waals surface area contributed by atoms with E-state index in [4.69, 9.17) is 0 Å². The number of hydrogen-bond donors (Lipinski definition) is 0. The highest BCUT2D eigenvalue weighted by Gasteiger charge is 2.29. The van der Waals surface area contributed by atoms with Crippen LogP contribution in [0.1, 0.15) is 48.8 Å². The van der Waals surface area contributed by atoms with E-state index in [1.165, 1.54) is 41.4 Å². The van der Waals surface area contributed by atoms with E-state index in [1.807, 2.05) is 0 Å². The summed E-state index contributed by atoms with van der Waals surface area (Å²) >= 11 is 3.62. The number of hydrogen-bond acceptors (Lipinski definition) is 1. The van der Waals surface area contributed by atoms with Gasteiger partial charge in [-0.3, -0.25) is 4.98 Å². The van der Waals surface area contributed by atoms with Crippen molar-refractivity contribution in [1.82, 2.24) is 4.98 Å². The Labute approximate surface area is 86.7 Å². The average molecular weight is 238 g/mol. The summed E-state index contributed by atoms with van der Waals surface area (Å²) in [5.41, 5.74) is 2.71. The van der Waals surface area contributed by atoms with Gasteiger partial charge in [-0.1, -0.05) is 0 Å². The Bertz CT molecular complexity index is 340. The molecule has 0 aliphatic heterocycles. The molecule has 13 heavy (non-hydrogen) atoms. The number of halogens is 1. The first-order valence-electron chi connectivity index (χ1n) is 5.00. The molecule has 0 aromatic carbocycles. The van der Waals surface area contributed by atoms with E-state index < -0.39 is 0 Å². The van der Waals surface area contributed by atoms with Crippen LogP contribution in [-0.4, -0.2) is 4.98 Å². The van der Waals surface area contributed by atoms with Gasteiger partial charge in [0.15, 0.2) is 0 Å². The van der Waals surface area contributed by atoms with Gasteiger partial charge >= 0.3 is 0 Å². The maximum absolute atomic E-state index is 4.55. The second kappa shape index (κ2) is 2.81. The summed E-state index contributed by atoms with van der Waals surface area (Å²) in [4.78, 5) is 4.55. The third kappa shape index (κ3) is 1.52. The van der Waals surface area contributed by atoms with Crippen LogP contribution in [0.5, 0.6) is 0 Å². The second-order valence-corrected chi connectivity index (χ2v) is 5.04. The lowest BCUT2D eigenvalue weighted by Crippen LogP contribution is -1.90. The van der Waals surface area contributed by atoms with Crippen LogP contribution in [0, 0.1) is 0 Å². The minimum Gasteiger partial charge on any atom is -0.260 e. The molecular formula is C11H12BrN. The fourth-order valence-corrected chi connectivity index (χ4v) is 2.45. The van der Waals surface area contributed by atoms with Crippen molar-refractivity contribution in [3.05, 3.63) is 28.0 Å². The zero-order valence-electron chi connectivity index (χ0n) is 7.46.